The summed E-state index contributed by atoms with van der Waals surface area (Å²) in [5.74, 6) is 1.64. The second-order valence-electron chi connectivity index (χ2n) is 4.96. The molecule has 0 aliphatic rings. The molecular weight excluding hydrogens is 338 g/mol. The molecule has 2 aromatic rings. The number of hydrogen-bond acceptors (Lipinski definition) is 5. The number of methoxy groups -OCH3 is 3. The maximum Gasteiger partial charge on any atom is 0.203 e. The highest BCUT2D eigenvalue weighted by molar-refractivity contribution is 7.80. The second kappa shape index (κ2) is 9.48. The summed E-state index contributed by atoms with van der Waals surface area (Å²) in [7, 11) is 4.69. The molecule has 0 heterocycles. The second-order valence-corrected chi connectivity index (χ2v) is 5.37. The van der Waals surface area contributed by atoms with E-state index in [1.165, 1.54) is 0 Å². The first kappa shape index (κ1) is 18.5. The fraction of sp³-hybridized carbons (Fsp3) is 0.222. The quantitative estimate of drug-likeness (QED) is 0.450. The minimum atomic E-state index is 0.430. The third-order valence-electron chi connectivity index (χ3n) is 3.40. The van der Waals surface area contributed by atoms with Crippen LogP contribution in [0.4, 0.5) is 0 Å². The van der Waals surface area contributed by atoms with Crippen LogP contribution < -0.4 is 25.0 Å². The Bertz CT molecular complexity index is 736. The van der Waals surface area contributed by atoms with Crippen LogP contribution in [-0.2, 0) is 6.54 Å². The van der Waals surface area contributed by atoms with Crippen LogP contribution in [-0.4, -0.2) is 32.7 Å². The lowest BCUT2D eigenvalue weighted by Crippen LogP contribution is -2.31. The number of hydrazone groups is 1. The van der Waals surface area contributed by atoms with Gasteiger partial charge in [0.1, 0.15) is 0 Å². The van der Waals surface area contributed by atoms with Gasteiger partial charge in [-0.3, -0.25) is 5.43 Å². The molecule has 2 rings (SSSR count). The van der Waals surface area contributed by atoms with Gasteiger partial charge in [-0.15, -0.1) is 0 Å². The number of rotatable bonds is 7. The van der Waals surface area contributed by atoms with Crippen LogP contribution in [0, 0.1) is 0 Å². The molecule has 0 aliphatic heterocycles. The molecule has 0 bridgehead atoms. The van der Waals surface area contributed by atoms with Gasteiger partial charge in [-0.25, -0.2) is 0 Å². The van der Waals surface area contributed by atoms with Crippen LogP contribution >= 0.6 is 12.2 Å². The van der Waals surface area contributed by atoms with E-state index in [-0.39, 0.29) is 0 Å². The summed E-state index contributed by atoms with van der Waals surface area (Å²) < 4.78 is 16.0. The highest BCUT2D eigenvalue weighted by Crippen LogP contribution is 2.38. The first-order chi connectivity index (χ1) is 12.2. The van der Waals surface area contributed by atoms with Crippen molar-refractivity contribution < 1.29 is 14.2 Å². The molecule has 0 fully saturated rings. The number of thiocarbonyl (C=S) groups is 1. The molecule has 0 radical (unpaired) electrons. The Morgan fingerprint density at radius 2 is 1.72 bits per heavy atom. The highest BCUT2D eigenvalue weighted by atomic mass is 32.1. The van der Waals surface area contributed by atoms with E-state index in [9.17, 15) is 0 Å². The first-order valence-electron chi connectivity index (χ1n) is 7.59. The summed E-state index contributed by atoms with van der Waals surface area (Å²) in [5, 5.41) is 7.65. The van der Waals surface area contributed by atoms with E-state index >= 15 is 0 Å². The number of nitrogens with one attached hydrogen (secondary N) is 2. The molecule has 0 aromatic heterocycles. The molecule has 0 saturated heterocycles. The third-order valence-corrected chi connectivity index (χ3v) is 3.64. The van der Waals surface area contributed by atoms with E-state index in [1.807, 2.05) is 36.4 Å². The Kier molecular flexibility index (Phi) is 7.03. The summed E-state index contributed by atoms with van der Waals surface area (Å²) in [6.07, 6.45) is 1.61. The zero-order chi connectivity index (χ0) is 18.1. The Balaban J connectivity index is 1.98. The Morgan fingerprint density at radius 3 is 2.36 bits per heavy atom. The maximum absolute atomic E-state index is 5.40. The van der Waals surface area contributed by atoms with Crippen molar-refractivity contribution in [3.63, 3.8) is 0 Å². The van der Waals surface area contributed by atoms with Gasteiger partial charge in [-0.05, 0) is 29.9 Å². The van der Waals surface area contributed by atoms with Crippen molar-refractivity contribution in [2.45, 2.75) is 6.54 Å². The van der Waals surface area contributed by atoms with Crippen LogP contribution in [0.2, 0.25) is 0 Å². The summed E-state index contributed by atoms with van der Waals surface area (Å²) in [4.78, 5) is 0. The van der Waals surface area contributed by atoms with Crippen LogP contribution in [0.1, 0.15) is 11.1 Å². The van der Waals surface area contributed by atoms with Crippen LogP contribution in [0.3, 0.4) is 0 Å². The SMILES string of the molecule is COc1ccc(C=NNC(=S)NCc2ccccc2)c(OC)c1OC. The molecule has 7 heteroatoms. The van der Waals surface area contributed by atoms with E-state index in [0.717, 1.165) is 11.1 Å². The first-order valence-corrected chi connectivity index (χ1v) is 8.00. The summed E-state index contributed by atoms with van der Waals surface area (Å²) >= 11 is 5.21. The largest absolute Gasteiger partial charge is 0.493 e. The van der Waals surface area contributed by atoms with Crippen molar-refractivity contribution in [2.24, 2.45) is 5.10 Å². The van der Waals surface area contributed by atoms with E-state index in [0.29, 0.717) is 28.9 Å². The molecule has 2 N–H and O–H groups in total. The average molecular weight is 359 g/mol. The number of ether oxygens (including phenoxy) is 3. The normalized spacial score (nSPS) is 10.4. The van der Waals surface area contributed by atoms with Crippen molar-refractivity contribution >= 4 is 23.5 Å². The Hall–Kier alpha value is -2.80. The van der Waals surface area contributed by atoms with Crippen molar-refractivity contribution in [1.29, 1.82) is 0 Å². The van der Waals surface area contributed by atoms with E-state index in [4.69, 9.17) is 26.4 Å². The molecule has 0 spiro atoms. The molecule has 0 atom stereocenters. The highest BCUT2D eigenvalue weighted by Gasteiger charge is 2.14. The van der Waals surface area contributed by atoms with Gasteiger partial charge in [-0.2, -0.15) is 5.10 Å². The average Bonchev–Trinajstić information content (AvgIpc) is 2.66. The molecule has 25 heavy (non-hydrogen) atoms. The van der Waals surface area contributed by atoms with Crippen LogP contribution in [0.15, 0.2) is 47.6 Å². The van der Waals surface area contributed by atoms with Crippen molar-refractivity contribution in [2.75, 3.05) is 21.3 Å². The molecule has 0 aliphatic carbocycles. The van der Waals surface area contributed by atoms with E-state index < -0.39 is 0 Å². The van der Waals surface area contributed by atoms with Gasteiger partial charge in [-0.1, -0.05) is 30.3 Å². The zero-order valence-corrected chi connectivity index (χ0v) is 15.2. The van der Waals surface area contributed by atoms with Gasteiger partial charge in [0.25, 0.3) is 0 Å². The summed E-state index contributed by atoms with van der Waals surface area (Å²) in [6.45, 7) is 0.627. The molecule has 132 valence electrons. The van der Waals surface area contributed by atoms with Crippen LogP contribution in [0.5, 0.6) is 17.2 Å². The lowest BCUT2D eigenvalue weighted by molar-refractivity contribution is 0.324. The smallest absolute Gasteiger partial charge is 0.203 e. The Labute approximate surface area is 152 Å². The molecule has 2 aromatic carbocycles. The molecular formula is C18H21N3O3S. The van der Waals surface area contributed by atoms with Gasteiger partial charge in [0.15, 0.2) is 16.6 Å². The lowest BCUT2D eigenvalue weighted by Gasteiger charge is -2.13. The van der Waals surface area contributed by atoms with E-state index in [1.54, 1.807) is 33.6 Å². The van der Waals surface area contributed by atoms with Gasteiger partial charge in [0.05, 0.1) is 27.5 Å². The fourth-order valence-electron chi connectivity index (χ4n) is 2.20. The minimum Gasteiger partial charge on any atom is -0.493 e. The molecule has 6 nitrogen and oxygen atoms in total. The van der Waals surface area contributed by atoms with Gasteiger partial charge in [0.2, 0.25) is 5.75 Å². The third kappa shape index (κ3) is 5.09. The lowest BCUT2D eigenvalue weighted by atomic mass is 10.2. The molecule has 0 saturated carbocycles. The van der Waals surface area contributed by atoms with Crippen molar-refractivity contribution in [3.8, 4) is 17.2 Å². The van der Waals surface area contributed by atoms with Crippen molar-refractivity contribution in [1.82, 2.24) is 10.7 Å². The van der Waals surface area contributed by atoms with Crippen molar-refractivity contribution in [3.05, 3.63) is 53.6 Å². The fourth-order valence-corrected chi connectivity index (χ4v) is 2.33. The van der Waals surface area contributed by atoms with Gasteiger partial charge < -0.3 is 19.5 Å². The predicted molar refractivity (Wildman–Crippen MR) is 103 cm³/mol. The van der Waals surface area contributed by atoms with Gasteiger partial charge in [0, 0.05) is 12.1 Å². The predicted octanol–water partition coefficient (Wildman–Crippen LogP) is 2.71. The number of benzene rings is 2. The number of nitrogens with zero attached hydrogens (tertiary/aromatic N) is 1. The van der Waals surface area contributed by atoms with E-state index in [2.05, 4.69) is 15.8 Å². The summed E-state index contributed by atoms with van der Waals surface area (Å²) in [6, 6.07) is 13.6. The van der Waals surface area contributed by atoms with Gasteiger partial charge >= 0.3 is 0 Å². The zero-order valence-electron chi connectivity index (χ0n) is 14.4. The molecule has 0 unspecified atom stereocenters. The monoisotopic (exact) mass is 359 g/mol. The minimum absolute atomic E-state index is 0.430. The number of hydrogen-bond donors (Lipinski definition) is 2. The van der Waals surface area contributed by atoms with Crippen LogP contribution in [0.25, 0.3) is 0 Å². The standard InChI is InChI=1S/C18H21N3O3S/c1-22-15-10-9-14(16(23-2)17(15)24-3)12-20-21-18(25)19-11-13-7-5-4-6-8-13/h4-10,12H,11H2,1-3H3,(H2,19,21,25). The summed E-state index contributed by atoms with van der Waals surface area (Å²) in [5.41, 5.74) is 4.65. The Morgan fingerprint density at radius 1 is 1.00 bits per heavy atom. The molecule has 0 amide bonds. The topological polar surface area (TPSA) is 64.1 Å². The maximum atomic E-state index is 5.40.